The molecule has 0 amide bonds. The number of hydrogen-bond acceptors (Lipinski definition) is 10. The van der Waals surface area contributed by atoms with Crippen LogP contribution < -0.4 is 4.74 Å². The van der Waals surface area contributed by atoms with Crippen LogP contribution in [0.5, 0.6) is 5.75 Å². The first kappa shape index (κ1) is 21.1. The number of nitro benzene ring substituents is 1. The third kappa shape index (κ3) is 5.13. The minimum absolute atomic E-state index is 0.0225. The first-order valence-corrected chi connectivity index (χ1v) is 10.2. The van der Waals surface area contributed by atoms with Crippen molar-refractivity contribution in [1.82, 2.24) is 10.2 Å². The van der Waals surface area contributed by atoms with E-state index < -0.39 is 10.9 Å². The van der Waals surface area contributed by atoms with Crippen LogP contribution in [0.1, 0.15) is 11.1 Å². The fraction of sp³-hybridized carbons (Fsp3) is 0.211. The lowest BCUT2D eigenvalue weighted by Crippen LogP contribution is -2.15. The topological polar surface area (TPSA) is 127 Å². The van der Waals surface area contributed by atoms with Gasteiger partial charge >= 0.3 is 5.97 Å². The Hall–Kier alpha value is -3.15. The average molecular weight is 464 g/mol. The van der Waals surface area contributed by atoms with Crippen LogP contribution in [-0.4, -0.2) is 33.6 Å². The lowest BCUT2D eigenvalue weighted by molar-refractivity contribution is -0.385. The highest BCUT2D eigenvalue weighted by Gasteiger charge is 2.22. The molecule has 2 heterocycles. The summed E-state index contributed by atoms with van der Waals surface area (Å²) in [6.07, 6.45) is 0. The lowest BCUT2D eigenvalue weighted by Gasteiger charge is -2.20. The van der Waals surface area contributed by atoms with Crippen molar-refractivity contribution in [1.29, 1.82) is 0 Å². The molecule has 160 valence electrons. The summed E-state index contributed by atoms with van der Waals surface area (Å²) < 4.78 is 21.3. The molecule has 0 bridgehead atoms. The molecule has 3 aromatic rings. The van der Waals surface area contributed by atoms with Gasteiger partial charge in [-0.2, -0.15) is 0 Å². The van der Waals surface area contributed by atoms with Crippen molar-refractivity contribution < 1.29 is 28.3 Å². The second-order valence-corrected chi connectivity index (χ2v) is 7.65. The Morgan fingerprint density at radius 2 is 2.06 bits per heavy atom. The van der Waals surface area contributed by atoms with Gasteiger partial charge in [-0.3, -0.25) is 14.9 Å². The fourth-order valence-corrected chi connectivity index (χ4v) is 3.48. The van der Waals surface area contributed by atoms with Crippen LogP contribution in [0.15, 0.2) is 46.0 Å². The zero-order valence-corrected chi connectivity index (χ0v) is 17.4. The van der Waals surface area contributed by atoms with Crippen LogP contribution in [0, 0.1) is 10.1 Å². The smallest absolute Gasteiger partial charge is 0.316 e. The predicted molar refractivity (Wildman–Crippen MR) is 109 cm³/mol. The van der Waals surface area contributed by atoms with Gasteiger partial charge in [-0.1, -0.05) is 23.4 Å². The molecular weight excluding hydrogens is 450 g/mol. The van der Waals surface area contributed by atoms with Gasteiger partial charge in [0.25, 0.3) is 10.9 Å². The summed E-state index contributed by atoms with van der Waals surface area (Å²) in [5.74, 6) is 0.101. The number of nitro groups is 1. The van der Waals surface area contributed by atoms with Crippen molar-refractivity contribution in [3.8, 4) is 17.2 Å². The van der Waals surface area contributed by atoms with E-state index in [-0.39, 0.29) is 36.7 Å². The molecule has 0 saturated carbocycles. The molecule has 0 aliphatic carbocycles. The van der Waals surface area contributed by atoms with E-state index in [4.69, 9.17) is 30.2 Å². The SMILES string of the molecule is O=C(CSc1nnc(-c2ccc(Cl)cc2)o1)OCc1cc([N+](=O)[O-])cc2c1OCOC2. The van der Waals surface area contributed by atoms with Crippen LogP contribution in [0.25, 0.3) is 11.5 Å². The molecule has 0 unspecified atom stereocenters. The summed E-state index contributed by atoms with van der Waals surface area (Å²) >= 11 is 6.88. The van der Waals surface area contributed by atoms with Crippen molar-refractivity contribution in [3.63, 3.8) is 0 Å². The quantitative estimate of drug-likeness (QED) is 0.219. The minimum atomic E-state index is -0.552. The number of thioether (sulfide) groups is 1. The summed E-state index contributed by atoms with van der Waals surface area (Å²) in [4.78, 5) is 22.8. The molecule has 0 N–H and O–H groups in total. The molecule has 0 radical (unpaired) electrons. The number of fused-ring (bicyclic) bond motifs is 1. The monoisotopic (exact) mass is 463 g/mol. The molecule has 0 spiro atoms. The van der Waals surface area contributed by atoms with Gasteiger partial charge in [0, 0.05) is 33.8 Å². The molecule has 0 atom stereocenters. The minimum Gasteiger partial charge on any atom is -0.467 e. The van der Waals surface area contributed by atoms with Crippen molar-refractivity contribution >= 4 is 35.0 Å². The Morgan fingerprint density at radius 1 is 1.26 bits per heavy atom. The average Bonchev–Trinajstić information content (AvgIpc) is 3.25. The highest BCUT2D eigenvalue weighted by molar-refractivity contribution is 7.99. The van der Waals surface area contributed by atoms with Crippen molar-refractivity contribution in [2.45, 2.75) is 18.4 Å². The summed E-state index contributed by atoms with van der Waals surface area (Å²) in [6, 6.07) is 9.59. The van der Waals surface area contributed by atoms with Crippen LogP contribution in [0.4, 0.5) is 5.69 Å². The van der Waals surface area contributed by atoms with Gasteiger partial charge in [0.15, 0.2) is 6.79 Å². The molecule has 0 saturated heterocycles. The maximum Gasteiger partial charge on any atom is 0.316 e. The van der Waals surface area contributed by atoms with Gasteiger partial charge in [0.2, 0.25) is 5.89 Å². The molecule has 2 aromatic carbocycles. The number of rotatable bonds is 7. The predicted octanol–water partition coefficient (Wildman–Crippen LogP) is 4.00. The molecule has 12 heteroatoms. The largest absolute Gasteiger partial charge is 0.467 e. The van der Waals surface area contributed by atoms with Gasteiger partial charge in [-0.15, -0.1) is 10.2 Å². The third-order valence-electron chi connectivity index (χ3n) is 4.18. The standard InChI is InChI=1S/C19H14ClN3O7S/c20-14-3-1-11(2-4-14)18-21-22-19(30-18)31-9-16(24)28-8-13-6-15(23(25)26)5-12-7-27-10-29-17(12)13/h1-6H,7-10H2. The van der Waals surface area contributed by atoms with Crippen molar-refractivity contribution in [2.75, 3.05) is 12.5 Å². The van der Waals surface area contributed by atoms with Crippen LogP contribution in [0.3, 0.4) is 0 Å². The van der Waals surface area contributed by atoms with Gasteiger partial charge in [0.05, 0.1) is 11.5 Å². The second kappa shape index (κ2) is 9.33. The highest BCUT2D eigenvalue weighted by Crippen LogP contribution is 2.33. The zero-order valence-electron chi connectivity index (χ0n) is 15.8. The van der Waals surface area contributed by atoms with E-state index in [1.807, 2.05) is 0 Å². The highest BCUT2D eigenvalue weighted by atomic mass is 35.5. The number of hydrogen-bond donors (Lipinski definition) is 0. The van der Waals surface area contributed by atoms with Gasteiger partial charge in [-0.05, 0) is 24.3 Å². The van der Waals surface area contributed by atoms with E-state index in [0.717, 1.165) is 11.8 Å². The number of carbonyl (C=O) groups excluding carboxylic acids is 1. The number of benzene rings is 2. The number of aromatic nitrogens is 2. The van der Waals surface area contributed by atoms with E-state index in [9.17, 15) is 14.9 Å². The lowest BCUT2D eigenvalue weighted by atomic mass is 10.1. The second-order valence-electron chi connectivity index (χ2n) is 6.29. The van der Waals surface area contributed by atoms with E-state index in [1.54, 1.807) is 24.3 Å². The van der Waals surface area contributed by atoms with E-state index in [2.05, 4.69) is 10.2 Å². The fourth-order valence-electron chi connectivity index (χ4n) is 2.79. The number of non-ortho nitro benzene ring substituents is 1. The summed E-state index contributed by atoms with van der Waals surface area (Å²) in [7, 11) is 0. The Labute approximate surface area is 184 Å². The zero-order chi connectivity index (χ0) is 21.8. The van der Waals surface area contributed by atoms with Crippen molar-refractivity contribution in [3.05, 3.63) is 62.7 Å². The molecule has 1 aliphatic heterocycles. The number of esters is 1. The van der Waals surface area contributed by atoms with Gasteiger partial charge in [0.1, 0.15) is 18.1 Å². The summed E-state index contributed by atoms with van der Waals surface area (Å²) in [6.45, 7) is 0.0267. The number of carbonyl (C=O) groups is 1. The van der Waals surface area contributed by atoms with Gasteiger partial charge in [-0.25, -0.2) is 0 Å². The maximum absolute atomic E-state index is 12.1. The molecule has 1 aliphatic rings. The van der Waals surface area contributed by atoms with Crippen LogP contribution in [0.2, 0.25) is 5.02 Å². The molecule has 31 heavy (non-hydrogen) atoms. The van der Waals surface area contributed by atoms with E-state index >= 15 is 0 Å². The normalized spacial score (nSPS) is 12.7. The summed E-state index contributed by atoms with van der Waals surface area (Å²) in [5, 5.41) is 19.8. The molecule has 4 rings (SSSR count). The Bertz CT molecular complexity index is 1120. The first-order valence-electron chi connectivity index (χ1n) is 8.88. The molecule has 10 nitrogen and oxygen atoms in total. The Balaban J connectivity index is 1.35. The summed E-state index contributed by atoms with van der Waals surface area (Å²) in [5.41, 5.74) is 1.50. The number of halogens is 1. The molecule has 1 aromatic heterocycles. The molecular formula is C19H14ClN3O7S. The molecule has 0 fully saturated rings. The van der Waals surface area contributed by atoms with Gasteiger partial charge < -0.3 is 18.6 Å². The number of ether oxygens (including phenoxy) is 3. The van der Waals surface area contributed by atoms with Crippen molar-refractivity contribution in [2.24, 2.45) is 0 Å². The van der Waals surface area contributed by atoms with E-state index in [0.29, 0.717) is 33.4 Å². The maximum atomic E-state index is 12.1. The first-order chi connectivity index (χ1) is 15.0. The third-order valence-corrected chi connectivity index (χ3v) is 5.23. The van der Waals surface area contributed by atoms with E-state index in [1.165, 1.54) is 12.1 Å². The van der Waals surface area contributed by atoms with Crippen LogP contribution in [-0.2, 0) is 27.5 Å². The number of nitrogens with zero attached hydrogens (tertiary/aromatic N) is 3. The van der Waals surface area contributed by atoms with Crippen LogP contribution >= 0.6 is 23.4 Å². The Morgan fingerprint density at radius 3 is 2.84 bits per heavy atom. The Kier molecular flexibility index (Phi) is 6.35.